The minimum atomic E-state index is -0.583. The lowest BCUT2D eigenvalue weighted by molar-refractivity contribution is 0.00225. The third-order valence-electron chi connectivity index (χ3n) is 4.44. The number of rotatable bonds is 4. The summed E-state index contributed by atoms with van der Waals surface area (Å²) in [5, 5.41) is 16.0. The highest BCUT2D eigenvalue weighted by molar-refractivity contribution is 7.17. The maximum atomic E-state index is 10.7. The Bertz CT molecular complexity index is 575. The van der Waals surface area contributed by atoms with Crippen molar-refractivity contribution < 1.29 is 5.11 Å². The first-order valence-corrected chi connectivity index (χ1v) is 8.22. The lowest BCUT2D eigenvalue weighted by atomic mass is 9.78. The molecule has 3 rings (SSSR count). The first-order valence-electron chi connectivity index (χ1n) is 7.35. The van der Waals surface area contributed by atoms with E-state index in [1.165, 1.54) is 6.42 Å². The number of aliphatic hydroxyl groups is 1. The van der Waals surface area contributed by atoms with E-state index in [-0.39, 0.29) is 0 Å². The van der Waals surface area contributed by atoms with Gasteiger partial charge in [-0.2, -0.15) is 0 Å². The van der Waals surface area contributed by atoms with Gasteiger partial charge in [0.25, 0.3) is 0 Å². The Morgan fingerprint density at radius 1 is 1.40 bits per heavy atom. The van der Waals surface area contributed by atoms with E-state index in [4.69, 9.17) is 0 Å². The number of aromatic nitrogens is 2. The second-order valence-corrected chi connectivity index (χ2v) is 6.70. The molecule has 20 heavy (non-hydrogen) atoms. The first-order chi connectivity index (χ1) is 9.70. The van der Waals surface area contributed by atoms with Gasteiger partial charge < -0.3 is 10.4 Å². The zero-order chi connectivity index (χ0) is 14.0. The lowest BCUT2D eigenvalue weighted by Crippen LogP contribution is -2.40. The third-order valence-corrected chi connectivity index (χ3v) is 5.35. The molecule has 0 atom stereocenters. The summed E-state index contributed by atoms with van der Waals surface area (Å²) in [5.41, 5.74) is 0.384. The molecule has 1 fully saturated rings. The molecule has 2 N–H and O–H groups in total. The zero-order valence-electron chi connectivity index (χ0n) is 11.8. The fourth-order valence-corrected chi connectivity index (χ4v) is 3.77. The van der Waals surface area contributed by atoms with Crippen LogP contribution in [-0.4, -0.2) is 27.2 Å². The number of anilines is 1. The normalized spacial score (nSPS) is 26.8. The van der Waals surface area contributed by atoms with Gasteiger partial charge in [0.05, 0.1) is 15.8 Å². The van der Waals surface area contributed by atoms with Gasteiger partial charge in [-0.15, -0.1) is 11.3 Å². The molecule has 0 amide bonds. The van der Waals surface area contributed by atoms with Crippen LogP contribution >= 0.6 is 11.3 Å². The molecule has 0 saturated heterocycles. The van der Waals surface area contributed by atoms with Gasteiger partial charge in [-0.25, -0.2) is 9.97 Å². The van der Waals surface area contributed by atoms with Crippen LogP contribution in [0.5, 0.6) is 0 Å². The summed E-state index contributed by atoms with van der Waals surface area (Å²) in [7, 11) is 0. The Hall–Kier alpha value is -1.20. The fraction of sp³-hybridized carbons (Fsp3) is 0.600. The Balaban J connectivity index is 1.66. The van der Waals surface area contributed by atoms with Gasteiger partial charge in [-0.05, 0) is 43.0 Å². The SMILES string of the molecule is CCC1CCC(O)(CNc2ncnc3ccsc23)CC1. The smallest absolute Gasteiger partial charge is 0.147 e. The Kier molecular flexibility index (Phi) is 3.89. The molecule has 0 aromatic carbocycles. The van der Waals surface area contributed by atoms with Crippen molar-refractivity contribution in [3.8, 4) is 0 Å². The molecule has 4 nitrogen and oxygen atoms in total. The van der Waals surface area contributed by atoms with Crippen LogP contribution in [-0.2, 0) is 0 Å². The fourth-order valence-electron chi connectivity index (χ4n) is 2.96. The highest BCUT2D eigenvalue weighted by Gasteiger charge is 2.32. The molecule has 0 bridgehead atoms. The highest BCUT2D eigenvalue weighted by atomic mass is 32.1. The van der Waals surface area contributed by atoms with Crippen molar-refractivity contribution in [2.75, 3.05) is 11.9 Å². The van der Waals surface area contributed by atoms with E-state index in [9.17, 15) is 5.11 Å². The molecule has 2 aromatic rings. The summed E-state index contributed by atoms with van der Waals surface area (Å²) in [5.74, 6) is 1.63. The van der Waals surface area contributed by atoms with Gasteiger partial charge in [-0.1, -0.05) is 13.3 Å². The number of thiophene rings is 1. The number of nitrogens with one attached hydrogen (secondary N) is 1. The second-order valence-electron chi connectivity index (χ2n) is 5.79. The maximum Gasteiger partial charge on any atom is 0.147 e. The van der Waals surface area contributed by atoms with Gasteiger partial charge in [-0.3, -0.25) is 0 Å². The van der Waals surface area contributed by atoms with Crippen molar-refractivity contribution in [2.45, 2.75) is 44.6 Å². The minimum absolute atomic E-state index is 0.577. The van der Waals surface area contributed by atoms with Gasteiger partial charge in [0.2, 0.25) is 0 Å². The van der Waals surface area contributed by atoms with Gasteiger partial charge in [0.15, 0.2) is 0 Å². The van der Waals surface area contributed by atoms with E-state index in [1.807, 2.05) is 11.4 Å². The molecule has 0 spiro atoms. The van der Waals surface area contributed by atoms with Crippen LogP contribution in [0.4, 0.5) is 5.82 Å². The standard InChI is InChI=1S/C15H21N3OS/c1-2-11-3-6-15(19,7-4-11)9-16-14-13-12(5-8-20-13)17-10-18-14/h5,8,10-11,19H,2-4,6-7,9H2,1H3,(H,16,17,18). The lowest BCUT2D eigenvalue weighted by Gasteiger charge is -2.36. The molecule has 0 aliphatic heterocycles. The minimum Gasteiger partial charge on any atom is -0.388 e. The Morgan fingerprint density at radius 2 is 2.20 bits per heavy atom. The summed E-state index contributed by atoms with van der Waals surface area (Å²) in [4.78, 5) is 8.53. The van der Waals surface area contributed by atoms with E-state index < -0.39 is 5.60 Å². The summed E-state index contributed by atoms with van der Waals surface area (Å²) < 4.78 is 1.07. The molecule has 2 heterocycles. The van der Waals surface area contributed by atoms with Crippen molar-refractivity contribution in [1.82, 2.24) is 9.97 Å². The van der Waals surface area contributed by atoms with Crippen LogP contribution < -0.4 is 5.32 Å². The predicted octanol–water partition coefficient (Wildman–Crippen LogP) is 3.43. The van der Waals surface area contributed by atoms with Crippen molar-refractivity contribution in [1.29, 1.82) is 0 Å². The summed E-state index contributed by atoms with van der Waals surface area (Å²) in [6.45, 7) is 2.81. The van der Waals surface area contributed by atoms with Crippen molar-refractivity contribution >= 4 is 27.4 Å². The van der Waals surface area contributed by atoms with Crippen molar-refractivity contribution in [3.05, 3.63) is 17.8 Å². The summed E-state index contributed by atoms with van der Waals surface area (Å²) in [6, 6.07) is 1.99. The Labute approximate surface area is 123 Å². The molecule has 0 unspecified atom stereocenters. The summed E-state index contributed by atoms with van der Waals surface area (Å²) in [6.07, 6.45) is 6.84. The Morgan fingerprint density at radius 3 is 2.95 bits per heavy atom. The van der Waals surface area contributed by atoms with Gasteiger partial charge >= 0.3 is 0 Å². The highest BCUT2D eigenvalue weighted by Crippen LogP contribution is 2.34. The third kappa shape index (κ3) is 2.79. The molecular formula is C15H21N3OS. The molecule has 1 aliphatic rings. The number of hydrogen-bond acceptors (Lipinski definition) is 5. The first kappa shape index (κ1) is 13.8. The van der Waals surface area contributed by atoms with Crippen molar-refractivity contribution in [2.24, 2.45) is 5.92 Å². The average Bonchev–Trinajstić information content (AvgIpc) is 2.95. The van der Waals surface area contributed by atoms with Crippen LogP contribution in [0.15, 0.2) is 17.8 Å². The predicted molar refractivity (Wildman–Crippen MR) is 83.1 cm³/mol. The maximum absolute atomic E-state index is 10.7. The van der Waals surface area contributed by atoms with Gasteiger partial charge in [0.1, 0.15) is 12.1 Å². The zero-order valence-corrected chi connectivity index (χ0v) is 12.6. The molecule has 1 saturated carbocycles. The number of hydrogen-bond donors (Lipinski definition) is 2. The molecule has 108 valence electrons. The second kappa shape index (κ2) is 5.66. The summed E-state index contributed by atoms with van der Waals surface area (Å²) >= 11 is 1.63. The van der Waals surface area contributed by atoms with Gasteiger partial charge in [0, 0.05) is 6.54 Å². The number of fused-ring (bicyclic) bond motifs is 1. The molecule has 2 aromatic heterocycles. The number of nitrogens with zero attached hydrogens (tertiary/aromatic N) is 2. The van der Waals surface area contributed by atoms with Crippen LogP contribution in [0.3, 0.4) is 0 Å². The van der Waals surface area contributed by atoms with E-state index in [2.05, 4.69) is 22.2 Å². The van der Waals surface area contributed by atoms with Crippen molar-refractivity contribution in [3.63, 3.8) is 0 Å². The van der Waals surface area contributed by atoms with E-state index >= 15 is 0 Å². The topological polar surface area (TPSA) is 58.0 Å². The average molecular weight is 291 g/mol. The van der Waals surface area contributed by atoms with Crippen LogP contribution in [0.25, 0.3) is 10.2 Å². The molecular weight excluding hydrogens is 270 g/mol. The largest absolute Gasteiger partial charge is 0.388 e. The quantitative estimate of drug-likeness (QED) is 0.906. The van der Waals surface area contributed by atoms with E-state index in [0.29, 0.717) is 6.54 Å². The molecule has 5 heteroatoms. The van der Waals surface area contributed by atoms with E-state index in [0.717, 1.165) is 47.6 Å². The molecule has 1 aliphatic carbocycles. The van der Waals surface area contributed by atoms with Crippen LogP contribution in [0.1, 0.15) is 39.0 Å². The van der Waals surface area contributed by atoms with Crippen LogP contribution in [0.2, 0.25) is 0 Å². The monoisotopic (exact) mass is 291 g/mol. The van der Waals surface area contributed by atoms with E-state index in [1.54, 1.807) is 17.7 Å². The van der Waals surface area contributed by atoms with Crippen LogP contribution in [0, 0.1) is 5.92 Å². The molecule has 0 radical (unpaired) electrons.